The Morgan fingerprint density at radius 1 is 1.29 bits per heavy atom. The maximum absolute atomic E-state index is 12.0. The van der Waals surface area contributed by atoms with Crippen LogP contribution in [0.25, 0.3) is 0 Å². The van der Waals surface area contributed by atoms with Crippen LogP contribution in [0.15, 0.2) is 30.3 Å². The average Bonchev–Trinajstić information content (AvgIpc) is 2.87. The molecule has 1 fully saturated rings. The average molecular weight is 315 g/mol. The van der Waals surface area contributed by atoms with Crippen molar-refractivity contribution in [3.63, 3.8) is 0 Å². The van der Waals surface area contributed by atoms with E-state index in [1.165, 1.54) is 12.1 Å². The van der Waals surface area contributed by atoms with Gasteiger partial charge in [0.25, 0.3) is 0 Å². The number of ether oxygens (including phenoxy) is 2. The van der Waals surface area contributed by atoms with Crippen LogP contribution in [-0.4, -0.2) is 36.6 Å². The maximum Gasteiger partial charge on any atom is 0.324 e. The van der Waals surface area contributed by atoms with Crippen molar-refractivity contribution in [1.29, 1.82) is 0 Å². The molecule has 1 heterocycles. The first-order chi connectivity index (χ1) is 9.61. The van der Waals surface area contributed by atoms with Crippen LogP contribution < -0.4 is 5.84 Å². The highest BCUT2D eigenvalue weighted by Gasteiger charge is 2.40. The number of methoxy groups -OCH3 is 1. The molecule has 0 aromatic heterocycles. The number of benzene rings is 1. The topological polar surface area (TPSA) is 81.9 Å². The molecule has 2 rings (SSSR count). The van der Waals surface area contributed by atoms with Crippen molar-refractivity contribution in [2.45, 2.75) is 19.1 Å². The lowest BCUT2D eigenvalue weighted by atomic mass is 10.1. The monoisotopic (exact) mass is 314 g/mol. The molecule has 0 saturated carbocycles. The van der Waals surface area contributed by atoms with Gasteiger partial charge in [0.2, 0.25) is 0 Å². The molecule has 2 N–H and O–H groups in total. The van der Waals surface area contributed by atoms with Gasteiger partial charge in [-0.1, -0.05) is 30.3 Å². The molecule has 116 valence electrons. The number of hydrogen-bond donors (Lipinski definition) is 1. The number of carbonyl (C=O) groups is 2. The van der Waals surface area contributed by atoms with Crippen LogP contribution >= 0.6 is 12.4 Å². The summed E-state index contributed by atoms with van der Waals surface area (Å²) >= 11 is 0. The van der Waals surface area contributed by atoms with Gasteiger partial charge in [-0.15, -0.1) is 12.4 Å². The van der Waals surface area contributed by atoms with Gasteiger partial charge in [0.15, 0.2) is 0 Å². The number of carbonyl (C=O) groups excluding carboxylic acids is 2. The molecule has 0 unspecified atom stereocenters. The summed E-state index contributed by atoms with van der Waals surface area (Å²) in [6.45, 7) is 0.525. The quantitative estimate of drug-likeness (QED) is 0.656. The molecule has 0 radical (unpaired) electrons. The van der Waals surface area contributed by atoms with Crippen LogP contribution in [0.4, 0.5) is 0 Å². The van der Waals surface area contributed by atoms with Crippen molar-refractivity contribution in [3.05, 3.63) is 35.9 Å². The third kappa shape index (κ3) is 4.42. The van der Waals surface area contributed by atoms with Gasteiger partial charge in [-0.2, -0.15) is 0 Å². The highest BCUT2D eigenvalue weighted by molar-refractivity contribution is 5.85. The molecule has 7 heteroatoms. The van der Waals surface area contributed by atoms with Gasteiger partial charge in [0.05, 0.1) is 13.0 Å². The number of nitrogens with zero attached hydrogens (tertiary/aromatic N) is 1. The fraction of sp³-hybridized carbons (Fsp3) is 0.429. The molecule has 1 aromatic carbocycles. The second-order valence-corrected chi connectivity index (χ2v) is 4.76. The van der Waals surface area contributed by atoms with Crippen LogP contribution in [0.3, 0.4) is 0 Å². The Morgan fingerprint density at radius 3 is 2.57 bits per heavy atom. The van der Waals surface area contributed by atoms with Crippen molar-refractivity contribution in [1.82, 2.24) is 5.01 Å². The lowest BCUT2D eigenvalue weighted by molar-refractivity contribution is -0.149. The van der Waals surface area contributed by atoms with E-state index in [4.69, 9.17) is 10.6 Å². The van der Waals surface area contributed by atoms with Gasteiger partial charge in [-0.3, -0.25) is 15.4 Å². The van der Waals surface area contributed by atoms with Crippen molar-refractivity contribution in [3.8, 4) is 0 Å². The lowest BCUT2D eigenvalue weighted by Crippen LogP contribution is -2.41. The third-order valence-electron chi connectivity index (χ3n) is 3.37. The third-order valence-corrected chi connectivity index (χ3v) is 3.37. The zero-order chi connectivity index (χ0) is 14.5. The van der Waals surface area contributed by atoms with Crippen LogP contribution in [0.1, 0.15) is 12.0 Å². The van der Waals surface area contributed by atoms with Gasteiger partial charge >= 0.3 is 11.9 Å². The van der Waals surface area contributed by atoms with Crippen molar-refractivity contribution >= 4 is 24.3 Å². The summed E-state index contributed by atoms with van der Waals surface area (Å²) in [6.07, 6.45) is 0.330. The Bertz CT molecular complexity index is 483. The molecule has 1 aliphatic rings. The number of nitrogens with two attached hydrogens (primary N) is 1. The Balaban J connectivity index is 0.00000220. The van der Waals surface area contributed by atoms with Crippen LogP contribution in [0.2, 0.25) is 0 Å². The maximum atomic E-state index is 12.0. The van der Waals surface area contributed by atoms with Gasteiger partial charge in [0.1, 0.15) is 12.6 Å². The minimum Gasteiger partial charge on any atom is -0.468 e. The molecule has 2 atom stereocenters. The van der Waals surface area contributed by atoms with E-state index in [9.17, 15) is 9.59 Å². The van der Waals surface area contributed by atoms with E-state index in [0.717, 1.165) is 5.56 Å². The number of halogens is 1. The molecular weight excluding hydrogens is 296 g/mol. The molecule has 21 heavy (non-hydrogen) atoms. The Morgan fingerprint density at radius 2 is 1.95 bits per heavy atom. The molecule has 1 aliphatic heterocycles. The normalized spacial score (nSPS) is 21.4. The zero-order valence-corrected chi connectivity index (χ0v) is 12.5. The van der Waals surface area contributed by atoms with E-state index in [2.05, 4.69) is 4.74 Å². The highest BCUT2D eigenvalue weighted by Crippen LogP contribution is 2.22. The van der Waals surface area contributed by atoms with Gasteiger partial charge in [-0.05, 0) is 12.0 Å². The fourth-order valence-electron chi connectivity index (χ4n) is 2.25. The first-order valence-electron chi connectivity index (χ1n) is 6.41. The van der Waals surface area contributed by atoms with Gasteiger partial charge in [0, 0.05) is 6.54 Å². The largest absolute Gasteiger partial charge is 0.468 e. The molecule has 6 nitrogen and oxygen atoms in total. The van der Waals surface area contributed by atoms with Crippen molar-refractivity contribution < 1.29 is 19.1 Å². The van der Waals surface area contributed by atoms with Gasteiger partial charge < -0.3 is 9.47 Å². The highest BCUT2D eigenvalue weighted by atomic mass is 35.5. The van der Waals surface area contributed by atoms with Crippen LogP contribution in [-0.2, 0) is 25.7 Å². The van der Waals surface area contributed by atoms with Crippen molar-refractivity contribution in [2.75, 3.05) is 13.7 Å². The summed E-state index contributed by atoms with van der Waals surface area (Å²) in [6, 6.07) is 8.86. The van der Waals surface area contributed by atoms with E-state index in [1.54, 1.807) is 0 Å². The second kappa shape index (κ2) is 7.97. The van der Waals surface area contributed by atoms with E-state index >= 15 is 0 Å². The molecule has 0 spiro atoms. The Labute approximate surface area is 129 Å². The summed E-state index contributed by atoms with van der Waals surface area (Å²) in [5, 5.41) is 1.33. The Kier molecular flexibility index (Phi) is 6.61. The Hall–Kier alpha value is -1.63. The number of hydrogen-bond acceptors (Lipinski definition) is 6. The first kappa shape index (κ1) is 17.4. The first-order valence-corrected chi connectivity index (χ1v) is 6.41. The second-order valence-electron chi connectivity index (χ2n) is 4.76. The molecule has 0 bridgehead atoms. The minimum atomic E-state index is -0.575. The summed E-state index contributed by atoms with van der Waals surface area (Å²) < 4.78 is 9.90. The van der Waals surface area contributed by atoms with E-state index in [0.29, 0.717) is 13.0 Å². The molecule has 0 amide bonds. The van der Waals surface area contributed by atoms with Gasteiger partial charge in [-0.25, -0.2) is 5.01 Å². The molecule has 0 aliphatic carbocycles. The van der Waals surface area contributed by atoms with E-state index in [1.807, 2.05) is 30.3 Å². The van der Waals surface area contributed by atoms with Crippen molar-refractivity contribution in [2.24, 2.45) is 11.8 Å². The SMILES string of the molecule is COC(=O)[C@H]1C[C@H](C(=O)OCc2ccccc2)CN1N.Cl. The fourth-order valence-corrected chi connectivity index (χ4v) is 2.25. The summed E-state index contributed by atoms with van der Waals surface area (Å²) in [4.78, 5) is 23.4. The lowest BCUT2D eigenvalue weighted by Gasteiger charge is -2.15. The van der Waals surface area contributed by atoms with Crippen LogP contribution in [0.5, 0.6) is 0 Å². The van der Waals surface area contributed by atoms with Crippen LogP contribution in [0, 0.1) is 5.92 Å². The van der Waals surface area contributed by atoms with E-state index in [-0.39, 0.29) is 25.0 Å². The summed E-state index contributed by atoms with van der Waals surface area (Å²) in [5.41, 5.74) is 0.924. The number of rotatable bonds is 4. The molecular formula is C14H19ClN2O4. The smallest absolute Gasteiger partial charge is 0.324 e. The van der Waals surface area contributed by atoms with E-state index < -0.39 is 17.9 Å². The summed E-state index contributed by atoms with van der Waals surface area (Å²) in [5.74, 6) is 4.56. The standard InChI is InChI=1S/C14H18N2O4.ClH/c1-19-14(18)12-7-11(8-16(12)15)13(17)20-9-10-5-3-2-4-6-10;/h2-6,11-12H,7-9,15H2,1H3;1H/t11-,12+;/m0./s1. The number of hydrazine groups is 1. The predicted molar refractivity (Wildman–Crippen MR) is 78.3 cm³/mol. The molecule has 1 saturated heterocycles. The predicted octanol–water partition coefficient (Wildman–Crippen LogP) is 0.889. The summed E-state index contributed by atoms with van der Waals surface area (Å²) in [7, 11) is 1.30. The minimum absolute atomic E-state index is 0. The zero-order valence-electron chi connectivity index (χ0n) is 11.7. The molecule has 1 aromatic rings. The number of esters is 2.